The van der Waals surface area contributed by atoms with E-state index in [-0.39, 0.29) is 5.41 Å². The van der Waals surface area contributed by atoms with Crippen molar-refractivity contribution in [3.05, 3.63) is 145 Å². The molecule has 214 valence electrons. The molecule has 0 bridgehead atoms. The Hall–Kier alpha value is -5.81. The minimum Gasteiger partial charge on any atom is -0.457 e. The summed E-state index contributed by atoms with van der Waals surface area (Å²) in [6.07, 6.45) is 3.60. The van der Waals surface area contributed by atoms with E-state index in [0.717, 1.165) is 72.7 Å². The van der Waals surface area contributed by atoms with E-state index in [1.807, 2.05) is 30.3 Å². The Balaban J connectivity index is 1.31. The molecule has 0 N–H and O–H groups in total. The Morgan fingerprint density at radius 1 is 0.644 bits per heavy atom. The topological polar surface area (TPSA) is 56.7 Å². The summed E-state index contributed by atoms with van der Waals surface area (Å²) in [5, 5.41) is 1.11. The molecule has 45 heavy (non-hydrogen) atoms. The molecule has 8 aromatic rings. The maximum atomic E-state index is 6.87. The molecular weight excluding hydrogens is 552 g/mol. The first-order chi connectivity index (χ1) is 22.1. The van der Waals surface area contributed by atoms with E-state index < -0.39 is 0 Å². The van der Waals surface area contributed by atoms with Gasteiger partial charge in [-0.05, 0) is 73.5 Å². The number of para-hydroxylation sites is 2. The highest BCUT2D eigenvalue weighted by molar-refractivity contribution is 6.13. The van der Waals surface area contributed by atoms with Crippen molar-refractivity contribution < 1.29 is 4.42 Å². The monoisotopic (exact) mass is 580 g/mol. The summed E-state index contributed by atoms with van der Waals surface area (Å²) in [4.78, 5) is 14.4. The number of benzene rings is 4. The normalized spacial score (nSPS) is 13.3. The lowest BCUT2D eigenvalue weighted by Gasteiger charge is -2.19. The number of furan rings is 1. The van der Waals surface area contributed by atoms with E-state index in [9.17, 15) is 0 Å². The van der Waals surface area contributed by atoms with Crippen LogP contribution >= 0.6 is 0 Å². The van der Waals surface area contributed by atoms with Gasteiger partial charge in [-0.3, -0.25) is 4.98 Å². The van der Waals surface area contributed by atoms with Crippen LogP contribution in [-0.4, -0.2) is 19.5 Å². The van der Waals surface area contributed by atoms with Crippen LogP contribution in [0.1, 0.15) is 25.2 Å². The van der Waals surface area contributed by atoms with Gasteiger partial charge in [0.15, 0.2) is 11.4 Å². The summed E-state index contributed by atoms with van der Waals surface area (Å²) >= 11 is 0. The number of nitrogens with zero attached hydrogens (tertiary/aromatic N) is 4. The fraction of sp³-hybridized carbons (Fsp3) is 0.0750. The van der Waals surface area contributed by atoms with Crippen molar-refractivity contribution in [2.45, 2.75) is 19.3 Å². The highest BCUT2D eigenvalue weighted by Crippen LogP contribution is 2.55. The van der Waals surface area contributed by atoms with E-state index in [0.29, 0.717) is 5.82 Å². The van der Waals surface area contributed by atoms with E-state index in [1.54, 1.807) is 12.4 Å². The average Bonchev–Trinajstić information content (AvgIpc) is 3.71. The third-order valence-corrected chi connectivity index (χ3v) is 9.07. The Morgan fingerprint density at radius 2 is 1.31 bits per heavy atom. The lowest BCUT2D eigenvalue weighted by Crippen LogP contribution is -2.14. The van der Waals surface area contributed by atoms with Crippen molar-refractivity contribution in [3.63, 3.8) is 0 Å². The van der Waals surface area contributed by atoms with Gasteiger partial charge in [0.25, 0.3) is 0 Å². The maximum absolute atomic E-state index is 6.87. The Kier molecular flexibility index (Phi) is 5.47. The molecule has 5 heteroatoms. The highest BCUT2D eigenvalue weighted by Gasteiger charge is 2.42. The fourth-order valence-corrected chi connectivity index (χ4v) is 6.90. The molecule has 9 rings (SSSR count). The quantitative estimate of drug-likeness (QED) is 0.208. The van der Waals surface area contributed by atoms with Crippen LogP contribution in [0.4, 0.5) is 0 Å². The van der Waals surface area contributed by atoms with Crippen LogP contribution in [-0.2, 0) is 5.41 Å². The highest BCUT2D eigenvalue weighted by atomic mass is 16.3. The molecule has 0 saturated carbocycles. The number of aromatic nitrogens is 4. The van der Waals surface area contributed by atoms with Crippen LogP contribution in [0.25, 0.3) is 72.7 Å². The van der Waals surface area contributed by atoms with Crippen molar-refractivity contribution in [2.24, 2.45) is 0 Å². The summed E-state index contributed by atoms with van der Waals surface area (Å²) in [5.74, 6) is 1.67. The summed E-state index contributed by atoms with van der Waals surface area (Å²) in [6.45, 7) is 4.51. The minimum atomic E-state index is -0.306. The molecule has 5 nitrogen and oxygen atoms in total. The second-order valence-electron chi connectivity index (χ2n) is 12.1. The van der Waals surface area contributed by atoms with Gasteiger partial charge in [-0.2, -0.15) is 0 Å². The summed E-state index contributed by atoms with van der Waals surface area (Å²) in [5.41, 5.74) is 12.2. The Bertz CT molecular complexity index is 2330. The second kappa shape index (κ2) is 9.60. The molecule has 0 unspecified atom stereocenters. The first-order valence-corrected chi connectivity index (χ1v) is 15.2. The van der Waals surface area contributed by atoms with Gasteiger partial charge >= 0.3 is 0 Å². The molecule has 0 saturated heterocycles. The first kappa shape index (κ1) is 25.7. The van der Waals surface area contributed by atoms with Gasteiger partial charge in [0.2, 0.25) is 0 Å². The van der Waals surface area contributed by atoms with E-state index in [1.165, 1.54) is 5.56 Å². The van der Waals surface area contributed by atoms with Gasteiger partial charge in [-0.25, -0.2) is 9.97 Å². The molecule has 1 aliphatic carbocycles. The minimum absolute atomic E-state index is 0.306. The number of pyridine rings is 1. The second-order valence-corrected chi connectivity index (χ2v) is 12.1. The molecule has 0 atom stereocenters. The molecule has 0 radical (unpaired) electrons. The lowest BCUT2D eigenvalue weighted by molar-refractivity contribution is 0.466. The molecule has 0 aliphatic heterocycles. The Morgan fingerprint density at radius 3 is 2.07 bits per heavy atom. The van der Waals surface area contributed by atoms with E-state index >= 15 is 0 Å². The van der Waals surface area contributed by atoms with Gasteiger partial charge in [-0.15, -0.1) is 0 Å². The first-order valence-electron chi connectivity index (χ1n) is 15.2. The van der Waals surface area contributed by atoms with Crippen LogP contribution < -0.4 is 0 Å². The van der Waals surface area contributed by atoms with Crippen LogP contribution in [0.5, 0.6) is 0 Å². The third-order valence-electron chi connectivity index (χ3n) is 9.07. The van der Waals surface area contributed by atoms with Gasteiger partial charge in [0.1, 0.15) is 11.3 Å². The largest absolute Gasteiger partial charge is 0.457 e. The van der Waals surface area contributed by atoms with E-state index in [2.05, 4.69) is 114 Å². The third kappa shape index (κ3) is 3.84. The molecule has 4 heterocycles. The van der Waals surface area contributed by atoms with Gasteiger partial charge < -0.3 is 8.98 Å². The molecule has 4 aromatic heterocycles. The van der Waals surface area contributed by atoms with Crippen molar-refractivity contribution in [1.82, 2.24) is 19.5 Å². The average molecular weight is 581 g/mol. The zero-order chi connectivity index (χ0) is 30.1. The van der Waals surface area contributed by atoms with Gasteiger partial charge in [-0.1, -0.05) is 72.8 Å². The zero-order valence-corrected chi connectivity index (χ0v) is 24.9. The number of hydrogen-bond donors (Lipinski definition) is 0. The van der Waals surface area contributed by atoms with Gasteiger partial charge in [0.05, 0.1) is 16.9 Å². The lowest BCUT2D eigenvalue weighted by atomic mass is 9.85. The van der Waals surface area contributed by atoms with Crippen LogP contribution in [0.2, 0.25) is 0 Å². The Labute approximate surface area is 260 Å². The summed E-state index contributed by atoms with van der Waals surface area (Å²) < 4.78 is 9.21. The van der Waals surface area contributed by atoms with Crippen LogP contribution in [0, 0.1) is 0 Å². The molecular formula is C40H28N4O. The number of rotatable bonds is 4. The molecule has 1 aliphatic rings. The zero-order valence-electron chi connectivity index (χ0n) is 24.9. The SMILES string of the molecule is CC1(C)c2ccc(-c3nc(-c4ccccc4)cc(-c4ccncc4)n3)cc2-c2c1oc1c3ccccc3n(-c3ccccc3)c21. The summed E-state index contributed by atoms with van der Waals surface area (Å²) in [6, 6.07) is 42.0. The van der Waals surface area contributed by atoms with Crippen molar-refractivity contribution in [2.75, 3.05) is 0 Å². The molecule has 4 aromatic carbocycles. The van der Waals surface area contributed by atoms with Crippen molar-refractivity contribution in [3.8, 4) is 50.7 Å². The number of hydrogen-bond acceptors (Lipinski definition) is 4. The molecule has 0 spiro atoms. The smallest absolute Gasteiger partial charge is 0.161 e. The predicted molar refractivity (Wildman–Crippen MR) is 180 cm³/mol. The standard InChI is InChI=1S/C40H28N4O/c1-40(2)31-18-17-27(39-42-32(25-11-5-3-6-12-25)24-33(43-39)26-19-21-41-22-20-26)23-30(31)35-36-37(45-38(35)40)29-15-9-10-16-34(29)44(36)28-13-7-4-8-14-28/h3-24H,1-2H3. The van der Waals surface area contributed by atoms with Gasteiger partial charge in [0, 0.05) is 51.1 Å². The van der Waals surface area contributed by atoms with Crippen LogP contribution in [0.3, 0.4) is 0 Å². The maximum Gasteiger partial charge on any atom is 0.161 e. The van der Waals surface area contributed by atoms with Crippen molar-refractivity contribution in [1.29, 1.82) is 0 Å². The van der Waals surface area contributed by atoms with Crippen molar-refractivity contribution >= 4 is 22.0 Å². The molecule has 0 fully saturated rings. The van der Waals surface area contributed by atoms with E-state index in [4.69, 9.17) is 14.4 Å². The fourth-order valence-electron chi connectivity index (χ4n) is 6.90. The molecule has 0 amide bonds. The predicted octanol–water partition coefficient (Wildman–Crippen LogP) is 9.87. The number of fused-ring (bicyclic) bond motifs is 7. The van der Waals surface area contributed by atoms with Crippen LogP contribution in [0.15, 0.2) is 138 Å². The summed E-state index contributed by atoms with van der Waals surface area (Å²) in [7, 11) is 0.